The Morgan fingerprint density at radius 1 is 0.765 bits per heavy atom. The van der Waals surface area contributed by atoms with Gasteiger partial charge in [0.05, 0.1) is 0 Å². The summed E-state index contributed by atoms with van der Waals surface area (Å²) in [4.78, 5) is 0. The largest absolute Gasteiger partial charge is 0.330 e. The summed E-state index contributed by atoms with van der Waals surface area (Å²) in [7, 11) is 0. The van der Waals surface area contributed by atoms with Crippen LogP contribution in [0, 0.1) is 0 Å². The zero-order valence-corrected chi connectivity index (χ0v) is 10.2. The number of hydrogen-bond donors (Lipinski definition) is 1. The number of halogens is 1. The van der Waals surface area contributed by atoms with Crippen molar-refractivity contribution in [2.45, 2.75) is 13.3 Å². The summed E-state index contributed by atoms with van der Waals surface area (Å²) in [6.45, 7) is 2.88. The number of rotatable bonds is 2. The first-order chi connectivity index (χ1) is 7.88. The first-order valence-electron chi connectivity index (χ1n) is 5.69. The molecule has 2 heteroatoms. The van der Waals surface area contributed by atoms with E-state index >= 15 is 0 Å². The zero-order valence-electron chi connectivity index (χ0n) is 10.2. The van der Waals surface area contributed by atoms with Gasteiger partial charge in [-0.2, -0.15) is 0 Å². The predicted molar refractivity (Wildman–Crippen MR) is 73.7 cm³/mol. The molecule has 0 aliphatic rings. The molecule has 1 nitrogen and oxygen atoms in total. The van der Waals surface area contributed by atoms with Crippen molar-refractivity contribution < 1.29 is 4.70 Å². The molecule has 0 aliphatic heterocycles. The van der Waals surface area contributed by atoms with E-state index in [2.05, 4.69) is 55.5 Å². The Hall–Kier alpha value is -1.67. The Morgan fingerprint density at radius 2 is 1.06 bits per heavy atom. The highest BCUT2D eigenvalue weighted by atomic mass is 19.0. The highest BCUT2D eigenvalue weighted by Crippen LogP contribution is 2.17. The normalized spacial score (nSPS) is 8.59. The summed E-state index contributed by atoms with van der Waals surface area (Å²) in [6.07, 6.45) is 1.10. The topological polar surface area (TPSA) is 26.0 Å². The molecule has 0 aromatic heterocycles. The molecule has 0 aliphatic carbocycles. The van der Waals surface area contributed by atoms with E-state index < -0.39 is 0 Å². The third-order valence-electron chi connectivity index (χ3n) is 2.17. The predicted octanol–water partition coefficient (Wildman–Crippen LogP) is 3.86. The molecule has 17 heavy (non-hydrogen) atoms. The molecular formula is C15H20FN. The summed E-state index contributed by atoms with van der Waals surface area (Å²) < 4.78 is 0. The van der Waals surface area contributed by atoms with Crippen molar-refractivity contribution in [2.75, 3.05) is 6.54 Å². The van der Waals surface area contributed by atoms with Crippen molar-refractivity contribution in [1.82, 2.24) is 0 Å². The van der Waals surface area contributed by atoms with Crippen molar-refractivity contribution in [2.24, 2.45) is 5.73 Å². The van der Waals surface area contributed by atoms with Crippen LogP contribution < -0.4 is 5.73 Å². The van der Waals surface area contributed by atoms with E-state index in [1.54, 1.807) is 0 Å². The van der Waals surface area contributed by atoms with Crippen molar-refractivity contribution in [3.63, 3.8) is 0 Å². The molecule has 0 saturated heterocycles. The lowest BCUT2D eigenvalue weighted by atomic mass is 10.1. The lowest BCUT2D eigenvalue weighted by Crippen LogP contribution is -1.93. The lowest BCUT2D eigenvalue weighted by Gasteiger charge is -1.98. The van der Waals surface area contributed by atoms with Gasteiger partial charge in [0.2, 0.25) is 0 Å². The van der Waals surface area contributed by atoms with E-state index in [0.29, 0.717) is 0 Å². The zero-order chi connectivity index (χ0) is 11.6. The summed E-state index contributed by atoms with van der Waals surface area (Å²) in [5.74, 6) is 0. The SMILES string of the molecule is CCCN.F.c1ccc(-c2ccccc2)cc1. The van der Waals surface area contributed by atoms with Crippen LogP contribution in [0.15, 0.2) is 60.7 Å². The molecule has 0 spiro atoms. The van der Waals surface area contributed by atoms with Crippen LogP contribution in [0.25, 0.3) is 11.1 Å². The van der Waals surface area contributed by atoms with Crippen molar-refractivity contribution in [1.29, 1.82) is 0 Å². The van der Waals surface area contributed by atoms with Crippen LogP contribution in [-0.4, -0.2) is 6.54 Å². The van der Waals surface area contributed by atoms with Crippen LogP contribution in [0.5, 0.6) is 0 Å². The molecule has 0 fully saturated rings. The van der Waals surface area contributed by atoms with Gasteiger partial charge in [-0.15, -0.1) is 0 Å². The number of hydrogen-bond acceptors (Lipinski definition) is 1. The second kappa shape index (κ2) is 9.55. The first-order valence-corrected chi connectivity index (χ1v) is 5.69. The van der Waals surface area contributed by atoms with E-state index in [1.807, 2.05) is 12.1 Å². The van der Waals surface area contributed by atoms with Crippen LogP contribution in [-0.2, 0) is 0 Å². The molecule has 0 radical (unpaired) electrons. The fourth-order valence-corrected chi connectivity index (χ4v) is 1.26. The van der Waals surface area contributed by atoms with Gasteiger partial charge in [-0.1, -0.05) is 67.6 Å². The summed E-state index contributed by atoms with van der Waals surface area (Å²) in [5.41, 5.74) is 7.58. The number of nitrogens with two attached hydrogens (primary N) is 1. The molecule has 92 valence electrons. The van der Waals surface area contributed by atoms with Crippen molar-refractivity contribution >= 4 is 0 Å². The van der Waals surface area contributed by atoms with Gasteiger partial charge in [0.25, 0.3) is 0 Å². The fraction of sp³-hybridized carbons (Fsp3) is 0.200. The van der Waals surface area contributed by atoms with E-state index in [0.717, 1.165) is 13.0 Å². The Morgan fingerprint density at radius 3 is 1.29 bits per heavy atom. The second-order valence-corrected chi connectivity index (χ2v) is 3.52. The van der Waals surface area contributed by atoms with E-state index in [-0.39, 0.29) is 4.70 Å². The van der Waals surface area contributed by atoms with Gasteiger partial charge in [-0.25, -0.2) is 0 Å². The molecule has 2 rings (SSSR count). The molecule has 2 aromatic carbocycles. The minimum atomic E-state index is 0. The Kier molecular flexibility index (Phi) is 8.61. The highest BCUT2D eigenvalue weighted by Gasteiger charge is 1.91. The van der Waals surface area contributed by atoms with Crippen LogP contribution in [0.2, 0.25) is 0 Å². The second-order valence-electron chi connectivity index (χ2n) is 3.52. The van der Waals surface area contributed by atoms with Gasteiger partial charge in [0, 0.05) is 0 Å². The Labute approximate surface area is 103 Å². The van der Waals surface area contributed by atoms with E-state index in [9.17, 15) is 0 Å². The van der Waals surface area contributed by atoms with Gasteiger partial charge in [-0.3, -0.25) is 4.70 Å². The maximum Gasteiger partial charge on any atom is -0.00799 e. The standard InChI is InChI=1S/C12H10.C3H9N.FH/c1-3-7-11(8-4-1)12-9-5-2-6-10-12;1-2-3-4;/h1-10H;2-4H2,1H3;1H. The van der Waals surface area contributed by atoms with Crippen LogP contribution in [0.1, 0.15) is 13.3 Å². The maximum atomic E-state index is 5.03. The van der Waals surface area contributed by atoms with Crippen molar-refractivity contribution in [3.05, 3.63) is 60.7 Å². The van der Waals surface area contributed by atoms with Gasteiger partial charge in [0.15, 0.2) is 0 Å². The molecule has 0 bridgehead atoms. The lowest BCUT2D eigenvalue weighted by molar-refractivity contribution is 0.932. The fourth-order valence-electron chi connectivity index (χ4n) is 1.26. The highest BCUT2D eigenvalue weighted by molar-refractivity contribution is 5.62. The van der Waals surface area contributed by atoms with E-state index in [4.69, 9.17) is 5.73 Å². The minimum Gasteiger partial charge on any atom is -0.330 e. The quantitative estimate of drug-likeness (QED) is 0.837. The van der Waals surface area contributed by atoms with Gasteiger partial charge >= 0.3 is 0 Å². The van der Waals surface area contributed by atoms with Crippen molar-refractivity contribution in [3.8, 4) is 11.1 Å². The molecule has 2 N–H and O–H groups in total. The summed E-state index contributed by atoms with van der Waals surface area (Å²) in [5, 5.41) is 0. The maximum absolute atomic E-state index is 5.03. The minimum absolute atomic E-state index is 0. The van der Waals surface area contributed by atoms with Gasteiger partial charge in [0.1, 0.15) is 0 Å². The molecule has 2 aromatic rings. The molecule has 0 unspecified atom stereocenters. The van der Waals surface area contributed by atoms with Crippen LogP contribution in [0.4, 0.5) is 4.70 Å². The molecule has 0 heterocycles. The molecule has 0 amide bonds. The van der Waals surface area contributed by atoms with Crippen LogP contribution in [0.3, 0.4) is 0 Å². The average Bonchev–Trinajstić information content (AvgIpc) is 2.41. The smallest absolute Gasteiger partial charge is 0.00799 e. The monoisotopic (exact) mass is 233 g/mol. The molecule has 0 atom stereocenters. The third-order valence-corrected chi connectivity index (χ3v) is 2.17. The third kappa shape index (κ3) is 5.83. The molecular weight excluding hydrogens is 213 g/mol. The number of benzene rings is 2. The van der Waals surface area contributed by atoms with Gasteiger partial charge < -0.3 is 5.73 Å². The van der Waals surface area contributed by atoms with Gasteiger partial charge in [-0.05, 0) is 24.1 Å². The van der Waals surface area contributed by atoms with E-state index in [1.165, 1.54) is 11.1 Å². The molecule has 0 saturated carbocycles. The Bertz CT molecular complexity index is 333. The van der Waals surface area contributed by atoms with Crippen LogP contribution >= 0.6 is 0 Å². The Balaban J connectivity index is 0.000000453. The summed E-state index contributed by atoms with van der Waals surface area (Å²) in [6, 6.07) is 20.8. The average molecular weight is 233 g/mol. The summed E-state index contributed by atoms with van der Waals surface area (Å²) >= 11 is 0. The first kappa shape index (κ1) is 15.3.